The van der Waals surface area contributed by atoms with Crippen LogP contribution in [0.4, 0.5) is 11.6 Å². The summed E-state index contributed by atoms with van der Waals surface area (Å²) in [4.78, 5) is 10.3. The maximum atomic E-state index is 5.62. The number of rotatable bonds is 4. The molecule has 0 radical (unpaired) electrons. The molecule has 0 saturated carbocycles. The molecular weight excluding hydrogens is 180 g/mol. The zero-order valence-corrected chi connectivity index (χ0v) is 8.82. The van der Waals surface area contributed by atoms with Gasteiger partial charge < -0.3 is 15.4 Å². The lowest BCUT2D eigenvalue weighted by atomic mass is 10.4. The first-order valence-electron chi connectivity index (χ1n) is 4.44. The number of hydrogen-bond acceptors (Lipinski definition) is 5. The van der Waals surface area contributed by atoms with E-state index in [4.69, 9.17) is 10.5 Å². The van der Waals surface area contributed by atoms with Crippen molar-refractivity contribution in [2.75, 3.05) is 37.9 Å². The summed E-state index contributed by atoms with van der Waals surface area (Å²) in [6, 6.07) is 1.75. The van der Waals surface area contributed by atoms with E-state index < -0.39 is 0 Å². The number of likely N-dealkylation sites (N-methyl/N-ethyl adjacent to an activating group) is 1. The number of methoxy groups -OCH3 is 1. The lowest BCUT2D eigenvalue weighted by Gasteiger charge is -2.17. The van der Waals surface area contributed by atoms with Gasteiger partial charge in [-0.2, -0.15) is 0 Å². The monoisotopic (exact) mass is 196 g/mol. The number of aryl methyl sites for hydroxylation is 1. The maximum absolute atomic E-state index is 5.62. The van der Waals surface area contributed by atoms with E-state index in [1.165, 1.54) is 0 Å². The van der Waals surface area contributed by atoms with Crippen LogP contribution in [0, 0.1) is 6.92 Å². The molecule has 78 valence electrons. The van der Waals surface area contributed by atoms with Crippen molar-refractivity contribution in [2.24, 2.45) is 0 Å². The minimum absolute atomic E-state index is 0.497. The Morgan fingerprint density at radius 2 is 2.21 bits per heavy atom. The first-order chi connectivity index (χ1) is 6.63. The van der Waals surface area contributed by atoms with Crippen LogP contribution in [-0.2, 0) is 4.74 Å². The summed E-state index contributed by atoms with van der Waals surface area (Å²) in [5.41, 5.74) is 5.62. The van der Waals surface area contributed by atoms with Crippen LogP contribution in [0.1, 0.15) is 5.82 Å². The molecule has 14 heavy (non-hydrogen) atoms. The zero-order valence-electron chi connectivity index (χ0n) is 8.82. The summed E-state index contributed by atoms with van der Waals surface area (Å²) in [6.45, 7) is 3.27. The van der Waals surface area contributed by atoms with Crippen LogP contribution in [0.5, 0.6) is 0 Å². The molecule has 0 fully saturated rings. The third kappa shape index (κ3) is 2.85. The summed E-state index contributed by atoms with van der Waals surface area (Å²) in [7, 11) is 3.62. The third-order valence-corrected chi connectivity index (χ3v) is 1.87. The van der Waals surface area contributed by atoms with Gasteiger partial charge in [-0.1, -0.05) is 0 Å². The summed E-state index contributed by atoms with van der Waals surface area (Å²) >= 11 is 0. The van der Waals surface area contributed by atoms with E-state index in [9.17, 15) is 0 Å². The molecule has 2 N–H and O–H groups in total. The number of nitrogens with two attached hydrogens (primary N) is 1. The second kappa shape index (κ2) is 4.76. The van der Waals surface area contributed by atoms with Crippen molar-refractivity contribution >= 4 is 11.6 Å². The van der Waals surface area contributed by atoms with Gasteiger partial charge in [0.15, 0.2) is 0 Å². The molecule has 1 heterocycles. The van der Waals surface area contributed by atoms with Crippen LogP contribution in [-0.4, -0.2) is 37.3 Å². The van der Waals surface area contributed by atoms with Crippen molar-refractivity contribution < 1.29 is 4.74 Å². The normalized spacial score (nSPS) is 10.2. The SMILES string of the molecule is COCCN(C)c1cc(N)nc(C)n1. The number of nitrogen functional groups attached to an aromatic ring is 1. The van der Waals surface area contributed by atoms with Gasteiger partial charge in [0.25, 0.3) is 0 Å². The standard InChI is InChI=1S/C9H16N4O/c1-7-11-8(10)6-9(12-7)13(2)4-5-14-3/h6H,4-5H2,1-3H3,(H2,10,11,12). The van der Waals surface area contributed by atoms with Gasteiger partial charge >= 0.3 is 0 Å². The van der Waals surface area contributed by atoms with E-state index in [1.807, 2.05) is 18.9 Å². The molecule has 5 heteroatoms. The van der Waals surface area contributed by atoms with Crippen LogP contribution in [0.15, 0.2) is 6.07 Å². The van der Waals surface area contributed by atoms with Gasteiger partial charge in [0.05, 0.1) is 6.61 Å². The Morgan fingerprint density at radius 3 is 2.79 bits per heavy atom. The molecule has 1 rings (SSSR count). The van der Waals surface area contributed by atoms with Crippen LogP contribution in [0.25, 0.3) is 0 Å². The largest absolute Gasteiger partial charge is 0.384 e. The Bertz CT molecular complexity index is 283. The topological polar surface area (TPSA) is 64.3 Å². The fourth-order valence-corrected chi connectivity index (χ4v) is 1.11. The molecule has 0 bridgehead atoms. The van der Waals surface area contributed by atoms with E-state index >= 15 is 0 Å². The predicted molar refractivity (Wildman–Crippen MR) is 56.3 cm³/mol. The molecule has 0 unspecified atom stereocenters. The molecule has 0 aliphatic heterocycles. The zero-order chi connectivity index (χ0) is 10.6. The highest BCUT2D eigenvalue weighted by molar-refractivity contribution is 5.46. The minimum atomic E-state index is 0.497. The van der Waals surface area contributed by atoms with E-state index in [0.29, 0.717) is 18.2 Å². The smallest absolute Gasteiger partial charge is 0.134 e. The molecular formula is C9H16N4O. The lowest BCUT2D eigenvalue weighted by Crippen LogP contribution is -2.23. The van der Waals surface area contributed by atoms with E-state index in [0.717, 1.165) is 12.4 Å². The Labute approximate surface area is 83.9 Å². The van der Waals surface area contributed by atoms with E-state index in [2.05, 4.69) is 9.97 Å². The molecule has 0 atom stereocenters. The van der Waals surface area contributed by atoms with Crippen molar-refractivity contribution in [3.63, 3.8) is 0 Å². The van der Waals surface area contributed by atoms with Gasteiger partial charge in [-0.3, -0.25) is 0 Å². The second-order valence-corrected chi connectivity index (χ2v) is 3.11. The molecule has 0 amide bonds. The fourth-order valence-electron chi connectivity index (χ4n) is 1.11. The summed E-state index contributed by atoms with van der Waals surface area (Å²) in [6.07, 6.45) is 0. The number of hydrogen-bond donors (Lipinski definition) is 1. The molecule has 1 aromatic rings. The van der Waals surface area contributed by atoms with Gasteiger partial charge in [-0.05, 0) is 6.92 Å². The summed E-state index contributed by atoms with van der Waals surface area (Å²) < 4.78 is 4.98. The quantitative estimate of drug-likeness (QED) is 0.757. The van der Waals surface area contributed by atoms with Crippen molar-refractivity contribution in [1.29, 1.82) is 0 Å². The number of aromatic nitrogens is 2. The van der Waals surface area contributed by atoms with Crippen molar-refractivity contribution in [3.8, 4) is 0 Å². The van der Waals surface area contributed by atoms with Gasteiger partial charge in [-0.25, -0.2) is 9.97 Å². The average molecular weight is 196 g/mol. The molecule has 1 aromatic heterocycles. The van der Waals surface area contributed by atoms with Crippen molar-refractivity contribution in [2.45, 2.75) is 6.92 Å². The highest BCUT2D eigenvalue weighted by atomic mass is 16.5. The van der Waals surface area contributed by atoms with Crippen LogP contribution < -0.4 is 10.6 Å². The number of anilines is 2. The van der Waals surface area contributed by atoms with Crippen molar-refractivity contribution in [3.05, 3.63) is 11.9 Å². The number of ether oxygens (including phenoxy) is 1. The van der Waals surface area contributed by atoms with Gasteiger partial charge in [0.2, 0.25) is 0 Å². The molecule has 0 spiro atoms. The van der Waals surface area contributed by atoms with E-state index in [1.54, 1.807) is 13.2 Å². The predicted octanol–water partition coefficient (Wildman–Crippen LogP) is 0.450. The summed E-state index contributed by atoms with van der Waals surface area (Å²) in [5, 5.41) is 0. The highest BCUT2D eigenvalue weighted by Gasteiger charge is 2.04. The van der Waals surface area contributed by atoms with Gasteiger partial charge in [-0.15, -0.1) is 0 Å². The molecule has 0 saturated heterocycles. The van der Waals surface area contributed by atoms with Gasteiger partial charge in [0.1, 0.15) is 17.5 Å². The van der Waals surface area contributed by atoms with Crippen molar-refractivity contribution in [1.82, 2.24) is 9.97 Å². The Kier molecular flexibility index (Phi) is 3.64. The first kappa shape index (κ1) is 10.7. The molecule has 0 aromatic carbocycles. The highest BCUT2D eigenvalue weighted by Crippen LogP contribution is 2.11. The fraction of sp³-hybridized carbons (Fsp3) is 0.556. The lowest BCUT2D eigenvalue weighted by molar-refractivity contribution is 0.206. The Balaban J connectivity index is 2.73. The first-order valence-corrected chi connectivity index (χ1v) is 4.44. The van der Waals surface area contributed by atoms with Crippen LogP contribution >= 0.6 is 0 Å². The second-order valence-electron chi connectivity index (χ2n) is 3.11. The maximum Gasteiger partial charge on any atom is 0.134 e. The average Bonchev–Trinajstić information content (AvgIpc) is 2.12. The van der Waals surface area contributed by atoms with E-state index in [-0.39, 0.29) is 0 Å². The number of nitrogens with zero attached hydrogens (tertiary/aromatic N) is 3. The molecule has 0 aliphatic carbocycles. The van der Waals surface area contributed by atoms with Crippen LogP contribution in [0.3, 0.4) is 0 Å². The minimum Gasteiger partial charge on any atom is -0.384 e. The van der Waals surface area contributed by atoms with Crippen LogP contribution in [0.2, 0.25) is 0 Å². The Hall–Kier alpha value is -1.36. The Morgan fingerprint density at radius 1 is 1.50 bits per heavy atom. The molecule has 0 aliphatic rings. The molecule has 5 nitrogen and oxygen atoms in total. The third-order valence-electron chi connectivity index (χ3n) is 1.87. The van der Waals surface area contributed by atoms with Gasteiger partial charge in [0, 0.05) is 26.8 Å². The summed E-state index contributed by atoms with van der Waals surface area (Å²) in [5.74, 6) is 2.01.